The van der Waals surface area contributed by atoms with E-state index in [1.54, 1.807) is 0 Å². The minimum absolute atomic E-state index is 0.0246. The molecular weight excluding hydrogens is 475 g/mol. The molecule has 2 aliphatic heterocycles. The standard InChI is InChI=1S/C34H23BN4/c1-3-12-24(13-4-1)35-30-20-8-7-16-26(30)34(27-17-9-21-36-31(27)35)28-18-10-22-37-32(28)39(25-14-5-2-6-15-25)33-29(34)19-11-23-38-33/h1-23H. The minimum atomic E-state index is -0.621. The van der Waals surface area contributed by atoms with E-state index in [9.17, 15) is 0 Å². The predicted octanol–water partition coefficient (Wildman–Crippen LogP) is 4.87. The number of rotatable bonds is 2. The van der Waals surface area contributed by atoms with Crippen LogP contribution in [0.2, 0.25) is 0 Å². The van der Waals surface area contributed by atoms with Gasteiger partial charge in [-0.25, -0.2) is 9.97 Å². The van der Waals surface area contributed by atoms with Crippen molar-refractivity contribution in [3.63, 3.8) is 0 Å². The number of fused-ring (bicyclic) bond motifs is 8. The van der Waals surface area contributed by atoms with Gasteiger partial charge in [0.2, 0.25) is 0 Å². The van der Waals surface area contributed by atoms with E-state index in [1.165, 1.54) is 22.1 Å². The summed E-state index contributed by atoms with van der Waals surface area (Å²) in [6, 6.07) is 42.8. The van der Waals surface area contributed by atoms with E-state index in [4.69, 9.17) is 15.0 Å². The number of nitrogens with zero attached hydrogens (tertiary/aromatic N) is 4. The van der Waals surface area contributed by atoms with Crippen LogP contribution in [0.1, 0.15) is 22.3 Å². The van der Waals surface area contributed by atoms with Crippen LogP contribution < -0.4 is 21.4 Å². The molecular formula is C34H23BN4. The fourth-order valence-corrected chi connectivity index (χ4v) is 6.71. The van der Waals surface area contributed by atoms with Gasteiger partial charge in [-0.15, -0.1) is 0 Å². The fraction of sp³-hybridized carbons (Fsp3) is 0.0294. The number of para-hydroxylation sites is 1. The molecule has 4 nitrogen and oxygen atoms in total. The molecule has 3 aromatic heterocycles. The summed E-state index contributed by atoms with van der Waals surface area (Å²) in [5, 5.41) is 0. The van der Waals surface area contributed by atoms with Crippen molar-refractivity contribution in [3.8, 4) is 0 Å². The number of hydrogen-bond acceptors (Lipinski definition) is 4. The first-order valence-corrected chi connectivity index (χ1v) is 13.2. The van der Waals surface area contributed by atoms with E-state index in [1.807, 2.05) is 36.8 Å². The highest BCUT2D eigenvalue weighted by atomic mass is 15.3. The topological polar surface area (TPSA) is 41.9 Å². The van der Waals surface area contributed by atoms with Crippen molar-refractivity contribution in [3.05, 3.63) is 162 Å². The Balaban J connectivity index is 1.53. The third-order valence-corrected chi connectivity index (χ3v) is 8.14. The monoisotopic (exact) mass is 498 g/mol. The Labute approximate surface area is 227 Å². The van der Waals surface area contributed by atoms with Crippen LogP contribution in [-0.4, -0.2) is 21.7 Å². The zero-order valence-corrected chi connectivity index (χ0v) is 21.1. The summed E-state index contributed by atoms with van der Waals surface area (Å²) in [6.45, 7) is 0.0246. The number of aromatic nitrogens is 3. The Morgan fingerprint density at radius 3 is 1.72 bits per heavy atom. The molecule has 182 valence electrons. The predicted molar refractivity (Wildman–Crippen MR) is 157 cm³/mol. The van der Waals surface area contributed by atoms with E-state index in [0.717, 1.165) is 34.0 Å². The summed E-state index contributed by atoms with van der Waals surface area (Å²) in [6.07, 6.45) is 5.67. The zero-order chi connectivity index (χ0) is 25.8. The molecule has 39 heavy (non-hydrogen) atoms. The van der Waals surface area contributed by atoms with Crippen LogP contribution in [0.15, 0.2) is 140 Å². The molecule has 0 atom stereocenters. The maximum atomic E-state index is 5.09. The second kappa shape index (κ2) is 8.50. The Morgan fingerprint density at radius 1 is 0.487 bits per heavy atom. The number of benzene rings is 3. The third kappa shape index (κ3) is 2.98. The summed E-state index contributed by atoms with van der Waals surface area (Å²) in [5.41, 5.74) is 8.65. The Bertz CT molecular complexity index is 1600. The van der Waals surface area contributed by atoms with E-state index < -0.39 is 5.41 Å². The number of anilines is 3. The van der Waals surface area contributed by atoms with Gasteiger partial charge in [-0.3, -0.25) is 9.88 Å². The maximum Gasteiger partial charge on any atom is 0.265 e. The van der Waals surface area contributed by atoms with Gasteiger partial charge >= 0.3 is 0 Å². The average molecular weight is 498 g/mol. The van der Waals surface area contributed by atoms with Crippen LogP contribution in [-0.2, 0) is 5.41 Å². The van der Waals surface area contributed by atoms with Crippen LogP contribution in [0.25, 0.3) is 0 Å². The lowest BCUT2D eigenvalue weighted by Gasteiger charge is -2.48. The molecule has 1 spiro atoms. The molecule has 8 rings (SSSR count). The van der Waals surface area contributed by atoms with Crippen molar-refractivity contribution in [2.75, 3.05) is 4.90 Å². The Kier molecular flexibility index (Phi) is 4.80. The van der Waals surface area contributed by atoms with Gasteiger partial charge < -0.3 is 0 Å². The largest absolute Gasteiger partial charge is 0.278 e. The quantitative estimate of drug-likeness (QED) is 0.319. The highest BCUT2D eigenvalue weighted by Crippen LogP contribution is 2.56. The van der Waals surface area contributed by atoms with Crippen molar-refractivity contribution < 1.29 is 0 Å². The normalized spacial score (nSPS) is 14.3. The first kappa shape index (κ1) is 22.0. The molecule has 5 heteroatoms. The SMILES string of the molecule is c1ccc(B2c3ccccc3C3(c4cccnc42)c2cccnc2N(c2ccccc2)c2ncccc23)cc1. The van der Waals surface area contributed by atoms with Crippen LogP contribution in [0.5, 0.6) is 0 Å². The number of hydrogen-bond donors (Lipinski definition) is 0. The highest BCUT2D eigenvalue weighted by Gasteiger charge is 2.53. The molecule has 0 unspecified atom stereocenters. The molecule has 0 aliphatic carbocycles. The van der Waals surface area contributed by atoms with Crippen LogP contribution in [0.3, 0.4) is 0 Å². The summed E-state index contributed by atoms with van der Waals surface area (Å²) in [5.74, 6) is 1.77. The van der Waals surface area contributed by atoms with Crippen molar-refractivity contribution in [2.45, 2.75) is 5.41 Å². The van der Waals surface area contributed by atoms with E-state index in [0.29, 0.717) is 0 Å². The lowest BCUT2D eigenvalue weighted by Crippen LogP contribution is -2.63. The average Bonchev–Trinajstić information content (AvgIpc) is 3.02. The molecule has 0 saturated heterocycles. The summed E-state index contributed by atoms with van der Waals surface area (Å²) in [4.78, 5) is 17.3. The van der Waals surface area contributed by atoms with E-state index in [-0.39, 0.29) is 6.71 Å². The minimum Gasteiger partial charge on any atom is -0.278 e. The van der Waals surface area contributed by atoms with Gasteiger partial charge in [0.05, 0.1) is 5.41 Å². The van der Waals surface area contributed by atoms with Crippen LogP contribution in [0, 0.1) is 0 Å². The fourth-order valence-electron chi connectivity index (χ4n) is 6.71. The van der Waals surface area contributed by atoms with Crippen molar-refractivity contribution >= 4 is 40.6 Å². The highest BCUT2D eigenvalue weighted by molar-refractivity contribution is 6.96. The summed E-state index contributed by atoms with van der Waals surface area (Å²) >= 11 is 0. The molecule has 0 saturated carbocycles. The lowest BCUT2D eigenvalue weighted by molar-refractivity contribution is 0.719. The van der Waals surface area contributed by atoms with Crippen LogP contribution >= 0.6 is 0 Å². The molecule has 5 heterocycles. The second-order valence-corrected chi connectivity index (χ2v) is 10.0. The van der Waals surface area contributed by atoms with Crippen molar-refractivity contribution in [2.24, 2.45) is 0 Å². The van der Waals surface area contributed by atoms with Crippen molar-refractivity contribution in [1.29, 1.82) is 0 Å². The van der Waals surface area contributed by atoms with Crippen LogP contribution in [0.4, 0.5) is 17.3 Å². The smallest absolute Gasteiger partial charge is 0.265 e. The first-order valence-electron chi connectivity index (χ1n) is 13.2. The number of pyridine rings is 3. The van der Waals surface area contributed by atoms with E-state index in [2.05, 4.69) is 108 Å². The molecule has 0 N–H and O–H groups in total. The summed E-state index contributed by atoms with van der Waals surface area (Å²) in [7, 11) is 0. The van der Waals surface area contributed by atoms with Crippen molar-refractivity contribution in [1.82, 2.24) is 15.0 Å². The molecule has 2 aliphatic rings. The van der Waals surface area contributed by atoms with E-state index >= 15 is 0 Å². The first-order chi connectivity index (χ1) is 19.4. The molecule has 3 aromatic carbocycles. The second-order valence-electron chi connectivity index (χ2n) is 10.0. The van der Waals surface area contributed by atoms with Gasteiger partial charge in [-0.05, 0) is 41.5 Å². The molecule has 6 aromatic rings. The van der Waals surface area contributed by atoms with Gasteiger partial charge in [0, 0.05) is 41.0 Å². The van der Waals surface area contributed by atoms with Gasteiger partial charge in [-0.1, -0.05) is 102 Å². The van der Waals surface area contributed by atoms with Gasteiger partial charge in [0.25, 0.3) is 6.71 Å². The maximum absolute atomic E-state index is 5.09. The van der Waals surface area contributed by atoms with Gasteiger partial charge in [0.15, 0.2) is 0 Å². The van der Waals surface area contributed by atoms with Gasteiger partial charge in [-0.2, -0.15) is 0 Å². The molecule has 0 fully saturated rings. The summed E-state index contributed by atoms with van der Waals surface area (Å²) < 4.78 is 0. The molecule has 0 amide bonds. The Hall–Kier alpha value is -5.03. The zero-order valence-electron chi connectivity index (χ0n) is 21.1. The molecule has 0 radical (unpaired) electrons. The Morgan fingerprint density at radius 2 is 1.03 bits per heavy atom. The van der Waals surface area contributed by atoms with Gasteiger partial charge in [0.1, 0.15) is 11.6 Å². The third-order valence-electron chi connectivity index (χ3n) is 8.14. The molecule has 0 bridgehead atoms. The lowest BCUT2D eigenvalue weighted by atomic mass is 9.32.